The van der Waals surface area contributed by atoms with Crippen molar-refractivity contribution in [3.05, 3.63) is 88.4 Å². The van der Waals surface area contributed by atoms with E-state index < -0.39 is 0 Å². The molecule has 5 heteroatoms. The number of alkyl halides is 1. The second kappa shape index (κ2) is 8.70. The minimum Gasteiger partial charge on any atom is -0.493 e. The number of ketones is 1. The van der Waals surface area contributed by atoms with Crippen molar-refractivity contribution in [2.75, 3.05) is 11.9 Å². The van der Waals surface area contributed by atoms with E-state index in [1.165, 1.54) is 0 Å². The fourth-order valence-corrected chi connectivity index (χ4v) is 5.05. The van der Waals surface area contributed by atoms with Crippen LogP contribution in [0.25, 0.3) is 20.5 Å². The van der Waals surface area contributed by atoms with Crippen LogP contribution >= 0.6 is 38.9 Å². The van der Waals surface area contributed by atoms with Crippen molar-refractivity contribution < 1.29 is 9.53 Å². The van der Waals surface area contributed by atoms with Gasteiger partial charge >= 0.3 is 0 Å². The average Bonchev–Trinajstić information content (AvgIpc) is 3.10. The summed E-state index contributed by atoms with van der Waals surface area (Å²) in [5.74, 6) is 0.736. The molecule has 0 saturated heterocycles. The van der Waals surface area contributed by atoms with Gasteiger partial charge in [-0.15, -0.1) is 11.3 Å². The molecule has 0 aliphatic carbocycles. The molecule has 0 N–H and O–H groups in total. The Labute approximate surface area is 187 Å². The number of benzene rings is 3. The van der Waals surface area contributed by atoms with E-state index in [9.17, 15) is 4.79 Å². The molecule has 2 nitrogen and oxygen atoms in total. The zero-order valence-electron chi connectivity index (χ0n) is 15.7. The highest BCUT2D eigenvalue weighted by atomic mass is 79.9. The molecule has 1 heterocycles. The minimum atomic E-state index is -0.0120. The summed E-state index contributed by atoms with van der Waals surface area (Å²) in [6, 6.07) is 21.2. The van der Waals surface area contributed by atoms with Crippen molar-refractivity contribution in [2.24, 2.45) is 0 Å². The van der Waals surface area contributed by atoms with Gasteiger partial charge < -0.3 is 4.74 Å². The summed E-state index contributed by atoms with van der Waals surface area (Å²) in [7, 11) is 0. The van der Waals surface area contributed by atoms with Crippen LogP contribution in [0.3, 0.4) is 0 Å². The Morgan fingerprint density at radius 1 is 1.07 bits per heavy atom. The summed E-state index contributed by atoms with van der Waals surface area (Å²) in [6.45, 7) is 2.64. The molecule has 0 bridgehead atoms. The second-order valence-corrected chi connectivity index (χ2v) is 8.93. The molecule has 1 aromatic heterocycles. The summed E-state index contributed by atoms with van der Waals surface area (Å²) in [6.07, 6.45) is 0. The lowest BCUT2D eigenvalue weighted by molar-refractivity contribution is 0.104. The van der Waals surface area contributed by atoms with E-state index in [-0.39, 0.29) is 5.78 Å². The van der Waals surface area contributed by atoms with E-state index >= 15 is 0 Å². The molecule has 0 unspecified atom stereocenters. The number of hydrogen-bond acceptors (Lipinski definition) is 3. The highest BCUT2D eigenvalue weighted by Crippen LogP contribution is 2.42. The first-order valence-corrected chi connectivity index (χ1v) is 11.5. The summed E-state index contributed by atoms with van der Waals surface area (Å²) < 4.78 is 6.68. The number of fused-ring (bicyclic) bond motifs is 1. The zero-order valence-corrected chi connectivity index (χ0v) is 18.9. The standard InChI is InChI=1S/C24H18BrClO2S/c1-15-6-11-19-21(14-15)29-24(18-4-2-3-5-20(18)26)22(19)23(27)16-7-9-17(10-8-16)28-13-12-25/h2-11,14H,12-13H2,1H3. The topological polar surface area (TPSA) is 26.3 Å². The number of ether oxygens (including phenoxy) is 1. The third kappa shape index (κ3) is 4.11. The van der Waals surface area contributed by atoms with Crippen molar-refractivity contribution in [3.63, 3.8) is 0 Å². The maximum absolute atomic E-state index is 13.6. The molecular weight excluding hydrogens is 468 g/mol. The van der Waals surface area contributed by atoms with E-state index in [2.05, 4.69) is 28.9 Å². The van der Waals surface area contributed by atoms with Crippen LogP contribution < -0.4 is 4.74 Å². The van der Waals surface area contributed by atoms with E-state index in [0.717, 1.165) is 37.2 Å². The van der Waals surface area contributed by atoms with Crippen LogP contribution in [0.1, 0.15) is 21.5 Å². The smallest absolute Gasteiger partial charge is 0.195 e. The van der Waals surface area contributed by atoms with Gasteiger partial charge in [0.1, 0.15) is 5.75 Å². The molecule has 4 rings (SSSR count). The van der Waals surface area contributed by atoms with Crippen LogP contribution in [0.5, 0.6) is 5.75 Å². The first-order valence-electron chi connectivity index (χ1n) is 9.20. The van der Waals surface area contributed by atoms with E-state index in [4.69, 9.17) is 16.3 Å². The van der Waals surface area contributed by atoms with E-state index in [1.807, 2.05) is 60.7 Å². The number of rotatable bonds is 6. The van der Waals surface area contributed by atoms with Gasteiger partial charge in [-0.05, 0) is 48.9 Å². The Kier molecular flexibility index (Phi) is 6.04. The molecule has 0 saturated carbocycles. The summed E-state index contributed by atoms with van der Waals surface area (Å²) >= 11 is 11.4. The number of carbonyl (C=O) groups excluding carboxylic acids is 1. The fourth-order valence-electron chi connectivity index (χ4n) is 3.27. The van der Waals surface area contributed by atoms with Crippen LogP contribution in [-0.4, -0.2) is 17.7 Å². The zero-order chi connectivity index (χ0) is 20.4. The Hall–Kier alpha value is -2.14. The van der Waals surface area contributed by atoms with Crippen molar-refractivity contribution in [1.82, 2.24) is 0 Å². The van der Waals surface area contributed by atoms with Gasteiger partial charge in [-0.3, -0.25) is 4.79 Å². The molecule has 0 radical (unpaired) electrons. The molecule has 4 aromatic rings. The summed E-state index contributed by atoms with van der Waals surface area (Å²) in [4.78, 5) is 14.5. The lowest BCUT2D eigenvalue weighted by Gasteiger charge is -2.08. The van der Waals surface area contributed by atoms with Crippen LogP contribution in [0.15, 0.2) is 66.7 Å². The normalized spacial score (nSPS) is 11.0. The first kappa shape index (κ1) is 20.1. The molecule has 29 heavy (non-hydrogen) atoms. The number of thiophene rings is 1. The lowest BCUT2D eigenvalue weighted by atomic mass is 9.97. The van der Waals surface area contributed by atoms with Crippen LogP contribution in [0, 0.1) is 6.92 Å². The molecule has 3 aromatic carbocycles. The van der Waals surface area contributed by atoms with Crippen LogP contribution in [0.4, 0.5) is 0 Å². The fraction of sp³-hybridized carbons (Fsp3) is 0.125. The molecule has 0 aliphatic heterocycles. The lowest BCUT2D eigenvalue weighted by Crippen LogP contribution is -2.03. The molecule has 146 valence electrons. The van der Waals surface area contributed by atoms with Gasteiger partial charge in [0.2, 0.25) is 0 Å². The third-order valence-corrected chi connectivity index (χ3v) is 6.49. The Morgan fingerprint density at radius 3 is 2.55 bits per heavy atom. The number of aryl methyl sites for hydroxylation is 1. The molecular formula is C24H18BrClO2S. The van der Waals surface area contributed by atoms with Crippen LogP contribution in [0.2, 0.25) is 5.02 Å². The highest BCUT2D eigenvalue weighted by molar-refractivity contribution is 9.09. The van der Waals surface area contributed by atoms with Gasteiger partial charge in [-0.1, -0.05) is 57.9 Å². The van der Waals surface area contributed by atoms with E-state index in [1.54, 1.807) is 11.3 Å². The maximum atomic E-state index is 13.6. The van der Waals surface area contributed by atoms with E-state index in [0.29, 0.717) is 22.8 Å². The minimum absolute atomic E-state index is 0.0120. The SMILES string of the molecule is Cc1ccc2c(C(=O)c3ccc(OCCBr)cc3)c(-c3ccccc3Cl)sc2c1. The Balaban J connectivity index is 1.84. The van der Waals surface area contributed by atoms with Gasteiger partial charge in [-0.2, -0.15) is 0 Å². The number of hydrogen-bond donors (Lipinski definition) is 0. The van der Waals surface area contributed by atoms with Crippen LogP contribution in [-0.2, 0) is 0 Å². The largest absolute Gasteiger partial charge is 0.493 e. The van der Waals surface area contributed by atoms with Gasteiger partial charge in [0.25, 0.3) is 0 Å². The van der Waals surface area contributed by atoms with Gasteiger partial charge in [-0.25, -0.2) is 0 Å². The highest BCUT2D eigenvalue weighted by Gasteiger charge is 2.22. The second-order valence-electron chi connectivity index (χ2n) is 6.68. The molecule has 0 aliphatic rings. The van der Waals surface area contributed by atoms with Crippen molar-refractivity contribution in [1.29, 1.82) is 0 Å². The molecule has 0 amide bonds. The van der Waals surface area contributed by atoms with Crippen molar-refractivity contribution in [3.8, 4) is 16.2 Å². The average molecular weight is 486 g/mol. The third-order valence-electron chi connectivity index (χ3n) is 4.65. The van der Waals surface area contributed by atoms with Gasteiger partial charge in [0, 0.05) is 42.0 Å². The number of halogens is 2. The number of carbonyl (C=O) groups is 1. The maximum Gasteiger partial charge on any atom is 0.195 e. The predicted octanol–water partition coefficient (Wildman–Crippen LogP) is 7.53. The summed E-state index contributed by atoms with van der Waals surface area (Å²) in [5.41, 5.74) is 3.38. The predicted molar refractivity (Wildman–Crippen MR) is 126 cm³/mol. The molecule has 0 atom stereocenters. The Morgan fingerprint density at radius 2 is 1.83 bits per heavy atom. The first-order chi connectivity index (χ1) is 14.1. The quantitative estimate of drug-likeness (QED) is 0.208. The Bertz CT molecular complexity index is 1180. The molecule has 0 spiro atoms. The summed E-state index contributed by atoms with van der Waals surface area (Å²) in [5, 5.41) is 2.36. The van der Waals surface area contributed by atoms with Gasteiger partial charge in [0.15, 0.2) is 5.78 Å². The molecule has 0 fully saturated rings. The van der Waals surface area contributed by atoms with Crippen molar-refractivity contribution in [2.45, 2.75) is 6.92 Å². The monoisotopic (exact) mass is 484 g/mol. The van der Waals surface area contributed by atoms with Crippen molar-refractivity contribution >= 4 is 54.7 Å². The van der Waals surface area contributed by atoms with Gasteiger partial charge in [0.05, 0.1) is 6.61 Å².